The third-order valence-corrected chi connectivity index (χ3v) is 3.40. The molecule has 2 rings (SSSR count). The van der Waals surface area contributed by atoms with Gasteiger partial charge in [-0.2, -0.15) is 0 Å². The van der Waals surface area contributed by atoms with Crippen molar-refractivity contribution >= 4 is 11.8 Å². The van der Waals surface area contributed by atoms with Gasteiger partial charge in [-0.1, -0.05) is 0 Å². The van der Waals surface area contributed by atoms with Gasteiger partial charge in [0.1, 0.15) is 5.78 Å². The normalized spacial score (nSPS) is 31.7. The van der Waals surface area contributed by atoms with Crippen LogP contribution in [0.25, 0.3) is 0 Å². The fourth-order valence-corrected chi connectivity index (χ4v) is 2.62. The Morgan fingerprint density at radius 3 is 2.69 bits per heavy atom. The summed E-state index contributed by atoms with van der Waals surface area (Å²) in [4.78, 5) is 23.0. The smallest absolute Gasteiger partial charge is 0.306 e. The molecule has 3 unspecified atom stereocenters. The highest BCUT2D eigenvalue weighted by Gasteiger charge is 2.43. The number of carbonyl (C=O) groups is 2. The third-order valence-electron chi connectivity index (χ3n) is 3.40. The lowest BCUT2D eigenvalue weighted by atomic mass is 9.85. The zero-order valence-electron chi connectivity index (χ0n) is 9.61. The molecule has 0 saturated carbocycles. The summed E-state index contributed by atoms with van der Waals surface area (Å²) in [6.07, 6.45) is 3.87. The summed E-state index contributed by atoms with van der Waals surface area (Å²) < 4.78 is 10.4. The van der Waals surface area contributed by atoms with E-state index in [0.717, 1.165) is 19.3 Å². The fraction of sp³-hybridized carbons (Fsp3) is 0.833. The maximum atomic E-state index is 11.9. The van der Waals surface area contributed by atoms with Crippen molar-refractivity contribution in [1.29, 1.82) is 0 Å². The van der Waals surface area contributed by atoms with Gasteiger partial charge in [-0.05, 0) is 26.2 Å². The van der Waals surface area contributed by atoms with E-state index in [1.54, 1.807) is 6.92 Å². The van der Waals surface area contributed by atoms with E-state index < -0.39 is 0 Å². The third kappa shape index (κ3) is 2.43. The van der Waals surface area contributed by atoms with Gasteiger partial charge >= 0.3 is 5.97 Å². The van der Waals surface area contributed by atoms with Gasteiger partial charge in [0.15, 0.2) is 0 Å². The van der Waals surface area contributed by atoms with Gasteiger partial charge in [0.25, 0.3) is 0 Å². The summed E-state index contributed by atoms with van der Waals surface area (Å²) in [7, 11) is 0. The highest BCUT2D eigenvalue weighted by Crippen LogP contribution is 2.39. The second kappa shape index (κ2) is 4.95. The van der Waals surface area contributed by atoms with Gasteiger partial charge in [0, 0.05) is 12.3 Å². The van der Waals surface area contributed by atoms with Crippen molar-refractivity contribution in [2.75, 3.05) is 6.61 Å². The topological polar surface area (TPSA) is 52.6 Å². The lowest BCUT2D eigenvalue weighted by Crippen LogP contribution is -2.25. The predicted octanol–water partition coefficient (Wildman–Crippen LogP) is 1.47. The molecule has 0 N–H and O–H groups in total. The lowest BCUT2D eigenvalue weighted by molar-refractivity contribution is -0.144. The highest BCUT2D eigenvalue weighted by molar-refractivity contribution is 5.85. The second-order valence-corrected chi connectivity index (χ2v) is 4.49. The van der Waals surface area contributed by atoms with E-state index in [4.69, 9.17) is 9.47 Å². The number of Topliss-reactive ketones (excluding diaryl/α,β-unsaturated/α-hetero) is 1. The van der Waals surface area contributed by atoms with Gasteiger partial charge in [0.05, 0.1) is 25.2 Å². The Labute approximate surface area is 95.3 Å². The summed E-state index contributed by atoms with van der Waals surface area (Å²) in [6, 6.07) is 0. The van der Waals surface area contributed by atoms with E-state index in [0.29, 0.717) is 19.1 Å². The molecule has 2 saturated heterocycles. The Hall–Kier alpha value is -0.900. The van der Waals surface area contributed by atoms with Crippen LogP contribution in [0.5, 0.6) is 0 Å². The van der Waals surface area contributed by atoms with Crippen molar-refractivity contribution in [3.05, 3.63) is 0 Å². The van der Waals surface area contributed by atoms with Gasteiger partial charge < -0.3 is 9.47 Å². The molecule has 90 valence electrons. The Kier molecular flexibility index (Phi) is 3.59. The van der Waals surface area contributed by atoms with Crippen molar-refractivity contribution in [1.82, 2.24) is 0 Å². The first kappa shape index (κ1) is 11.6. The molecule has 4 heteroatoms. The van der Waals surface area contributed by atoms with E-state index in [-0.39, 0.29) is 30.2 Å². The molecule has 2 aliphatic rings. The molecular weight excluding hydrogens is 208 g/mol. The molecule has 2 bridgehead atoms. The Balaban J connectivity index is 1.74. The van der Waals surface area contributed by atoms with Crippen LogP contribution in [-0.4, -0.2) is 30.6 Å². The first-order chi connectivity index (χ1) is 7.70. The zero-order valence-corrected chi connectivity index (χ0v) is 9.61. The van der Waals surface area contributed by atoms with Crippen LogP contribution in [-0.2, 0) is 19.1 Å². The van der Waals surface area contributed by atoms with E-state index in [1.807, 2.05) is 0 Å². The standard InChI is InChI=1S/C12H18O4/c1-2-15-12(14)6-4-10(13)9-7-8-3-5-11(9)16-8/h8-9,11H,2-7H2,1H3. The van der Waals surface area contributed by atoms with Gasteiger partial charge in [-0.25, -0.2) is 0 Å². The molecular formula is C12H18O4. The summed E-state index contributed by atoms with van der Waals surface area (Å²) in [5, 5.41) is 0. The molecule has 0 aromatic rings. The van der Waals surface area contributed by atoms with Gasteiger partial charge in [-0.15, -0.1) is 0 Å². The molecule has 0 aliphatic carbocycles. The van der Waals surface area contributed by atoms with E-state index in [1.165, 1.54) is 0 Å². The second-order valence-electron chi connectivity index (χ2n) is 4.49. The van der Waals surface area contributed by atoms with Crippen molar-refractivity contribution in [2.24, 2.45) is 5.92 Å². The molecule has 4 nitrogen and oxygen atoms in total. The van der Waals surface area contributed by atoms with Gasteiger partial charge in [-0.3, -0.25) is 9.59 Å². The average Bonchev–Trinajstić information content (AvgIpc) is 2.88. The Morgan fingerprint density at radius 1 is 1.31 bits per heavy atom. The van der Waals surface area contributed by atoms with Crippen LogP contribution in [0.3, 0.4) is 0 Å². The van der Waals surface area contributed by atoms with Crippen LogP contribution in [0, 0.1) is 5.92 Å². The maximum Gasteiger partial charge on any atom is 0.306 e. The molecule has 0 aromatic carbocycles. The first-order valence-electron chi connectivity index (χ1n) is 6.04. The minimum atomic E-state index is -0.278. The summed E-state index contributed by atoms with van der Waals surface area (Å²) in [6.45, 7) is 2.15. The molecule has 0 amide bonds. The number of esters is 1. The number of carbonyl (C=O) groups excluding carboxylic acids is 2. The van der Waals surface area contributed by atoms with Crippen LogP contribution in [0.2, 0.25) is 0 Å². The van der Waals surface area contributed by atoms with Crippen molar-refractivity contribution in [3.8, 4) is 0 Å². The minimum absolute atomic E-state index is 0.0353. The van der Waals surface area contributed by atoms with Crippen molar-refractivity contribution in [2.45, 2.75) is 51.2 Å². The van der Waals surface area contributed by atoms with Crippen molar-refractivity contribution < 1.29 is 19.1 Å². The Morgan fingerprint density at radius 2 is 2.12 bits per heavy atom. The average molecular weight is 226 g/mol. The zero-order chi connectivity index (χ0) is 11.5. The number of ketones is 1. The predicted molar refractivity (Wildman–Crippen MR) is 56.9 cm³/mol. The largest absolute Gasteiger partial charge is 0.466 e. The van der Waals surface area contributed by atoms with Crippen LogP contribution >= 0.6 is 0 Å². The fourth-order valence-electron chi connectivity index (χ4n) is 2.62. The van der Waals surface area contributed by atoms with E-state index in [9.17, 15) is 9.59 Å². The van der Waals surface area contributed by atoms with E-state index >= 15 is 0 Å². The molecule has 3 atom stereocenters. The first-order valence-corrected chi connectivity index (χ1v) is 6.04. The van der Waals surface area contributed by atoms with Crippen LogP contribution in [0.1, 0.15) is 39.0 Å². The quantitative estimate of drug-likeness (QED) is 0.666. The molecule has 2 heterocycles. The van der Waals surface area contributed by atoms with Gasteiger partial charge in [0.2, 0.25) is 0 Å². The lowest BCUT2D eigenvalue weighted by Gasteiger charge is -2.16. The Bertz CT molecular complexity index is 287. The monoisotopic (exact) mass is 226 g/mol. The number of hydrogen-bond acceptors (Lipinski definition) is 4. The molecule has 0 aromatic heterocycles. The minimum Gasteiger partial charge on any atom is -0.466 e. The SMILES string of the molecule is CCOC(=O)CCC(=O)C1CC2CCC1O2. The number of ether oxygens (including phenoxy) is 2. The van der Waals surface area contributed by atoms with E-state index in [2.05, 4.69) is 0 Å². The van der Waals surface area contributed by atoms with Crippen molar-refractivity contribution in [3.63, 3.8) is 0 Å². The van der Waals surface area contributed by atoms with Crippen LogP contribution in [0.4, 0.5) is 0 Å². The summed E-state index contributed by atoms with van der Waals surface area (Å²) in [5.74, 6) is -0.0756. The molecule has 16 heavy (non-hydrogen) atoms. The molecule has 0 spiro atoms. The highest BCUT2D eigenvalue weighted by atomic mass is 16.5. The number of hydrogen-bond donors (Lipinski definition) is 0. The number of fused-ring (bicyclic) bond motifs is 2. The van der Waals surface area contributed by atoms with Crippen LogP contribution in [0.15, 0.2) is 0 Å². The summed E-state index contributed by atoms with van der Waals surface area (Å²) >= 11 is 0. The maximum absolute atomic E-state index is 11.9. The summed E-state index contributed by atoms with van der Waals surface area (Å²) in [5.41, 5.74) is 0. The van der Waals surface area contributed by atoms with Crippen LogP contribution < -0.4 is 0 Å². The molecule has 2 fully saturated rings. The molecule has 2 aliphatic heterocycles. The number of rotatable bonds is 5. The molecule has 0 radical (unpaired) electrons.